The summed E-state index contributed by atoms with van der Waals surface area (Å²) in [6.07, 6.45) is 8.34. The maximum Gasteiger partial charge on any atom is 0.149 e. The van der Waals surface area contributed by atoms with Crippen LogP contribution in [-0.2, 0) is 9.53 Å². The van der Waals surface area contributed by atoms with Crippen LogP contribution in [0, 0.1) is 5.41 Å². The molecule has 1 atom stereocenters. The van der Waals surface area contributed by atoms with Gasteiger partial charge in [-0.15, -0.1) is 0 Å². The lowest BCUT2D eigenvalue weighted by Gasteiger charge is -2.20. The predicted molar refractivity (Wildman–Crippen MR) is 74.8 cm³/mol. The highest BCUT2D eigenvalue weighted by Gasteiger charge is 2.42. The van der Waals surface area contributed by atoms with Crippen LogP contribution in [0.5, 0.6) is 0 Å². The van der Waals surface area contributed by atoms with Gasteiger partial charge in [0.1, 0.15) is 5.78 Å². The lowest BCUT2D eigenvalue weighted by molar-refractivity contribution is -0.120. The van der Waals surface area contributed by atoms with Crippen molar-refractivity contribution in [3.8, 4) is 0 Å². The third-order valence-electron chi connectivity index (χ3n) is 4.17. The Bertz CT molecular complexity index is 245. The summed E-state index contributed by atoms with van der Waals surface area (Å²) >= 11 is 0. The summed E-state index contributed by atoms with van der Waals surface area (Å²) in [6.45, 7) is 6.02. The SMILES string of the molecule is CCC(=O)C1CC2(CCCC2)CN1.CCCOC. The molecule has 1 aliphatic heterocycles. The van der Waals surface area contributed by atoms with Crippen LogP contribution in [0.3, 0.4) is 0 Å². The van der Waals surface area contributed by atoms with Crippen molar-refractivity contribution >= 4 is 5.78 Å². The largest absolute Gasteiger partial charge is 0.385 e. The monoisotopic (exact) mass is 255 g/mol. The molecule has 1 heterocycles. The molecule has 0 bridgehead atoms. The molecule has 1 unspecified atom stereocenters. The van der Waals surface area contributed by atoms with E-state index in [1.54, 1.807) is 7.11 Å². The molecule has 0 aromatic carbocycles. The van der Waals surface area contributed by atoms with Gasteiger partial charge in [-0.2, -0.15) is 0 Å². The summed E-state index contributed by atoms with van der Waals surface area (Å²) in [4.78, 5) is 11.5. The Morgan fingerprint density at radius 2 is 2.00 bits per heavy atom. The van der Waals surface area contributed by atoms with Crippen molar-refractivity contribution in [2.45, 2.75) is 64.8 Å². The third-order valence-corrected chi connectivity index (χ3v) is 4.17. The van der Waals surface area contributed by atoms with Gasteiger partial charge in [0.2, 0.25) is 0 Å². The normalized spacial score (nSPS) is 24.9. The molecule has 0 aromatic heterocycles. The van der Waals surface area contributed by atoms with Gasteiger partial charge >= 0.3 is 0 Å². The lowest BCUT2D eigenvalue weighted by Crippen LogP contribution is -2.29. The second-order valence-corrected chi connectivity index (χ2v) is 5.66. The van der Waals surface area contributed by atoms with E-state index in [0.29, 0.717) is 17.6 Å². The molecule has 3 heteroatoms. The highest BCUT2D eigenvalue weighted by Crippen LogP contribution is 2.44. The maximum atomic E-state index is 11.5. The van der Waals surface area contributed by atoms with E-state index in [-0.39, 0.29) is 6.04 Å². The van der Waals surface area contributed by atoms with Crippen LogP contribution in [0.4, 0.5) is 0 Å². The summed E-state index contributed by atoms with van der Waals surface area (Å²) in [6, 6.07) is 0.183. The molecule has 1 N–H and O–H groups in total. The molecular formula is C15H29NO2. The van der Waals surface area contributed by atoms with Crippen LogP contribution < -0.4 is 5.32 Å². The fourth-order valence-electron chi connectivity index (χ4n) is 3.10. The van der Waals surface area contributed by atoms with E-state index in [4.69, 9.17) is 4.74 Å². The van der Waals surface area contributed by atoms with E-state index in [1.807, 2.05) is 6.92 Å². The van der Waals surface area contributed by atoms with Gasteiger partial charge in [0.15, 0.2) is 0 Å². The zero-order valence-corrected chi connectivity index (χ0v) is 12.3. The molecule has 1 saturated heterocycles. The van der Waals surface area contributed by atoms with Crippen molar-refractivity contribution in [2.75, 3.05) is 20.3 Å². The second-order valence-electron chi connectivity index (χ2n) is 5.66. The Hall–Kier alpha value is -0.410. The Kier molecular flexibility index (Phi) is 6.87. The number of carbonyl (C=O) groups excluding carboxylic acids is 1. The van der Waals surface area contributed by atoms with Gasteiger partial charge in [-0.05, 0) is 31.1 Å². The molecule has 106 valence electrons. The molecule has 1 saturated carbocycles. The Morgan fingerprint density at radius 1 is 1.33 bits per heavy atom. The minimum Gasteiger partial charge on any atom is -0.385 e. The Morgan fingerprint density at radius 3 is 2.44 bits per heavy atom. The first-order valence-corrected chi connectivity index (χ1v) is 7.42. The average Bonchev–Trinajstić information content (AvgIpc) is 3.01. The molecule has 2 aliphatic rings. The van der Waals surface area contributed by atoms with E-state index >= 15 is 0 Å². The van der Waals surface area contributed by atoms with Crippen LogP contribution in [0.1, 0.15) is 58.8 Å². The number of rotatable bonds is 4. The van der Waals surface area contributed by atoms with Crippen LogP contribution >= 0.6 is 0 Å². The van der Waals surface area contributed by atoms with Gasteiger partial charge in [0.25, 0.3) is 0 Å². The first kappa shape index (κ1) is 15.6. The number of ether oxygens (including phenoxy) is 1. The van der Waals surface area contributed by atoms with Gasteiger partial charge in [0.05, 0.1) is 6.04 Å². The van der Waals surface area contributed by atoms with Gasteiger partial charge in [-0.1, -0.05) is 26.7 Å². The number of carbonyl (C=O) groups is 1. The van der Waals surface area contributed by atoms with Crippen LogP contribution in [0.15, 0.2) is 0 Å². The minimum atomic E-state index is 0.183. The number of methoxy groups -OCH3 is 1. The standard InChI is InChI=1S/C11H19NO.C4H10O/c1-2-10(13)9-7-11(8-12-9)5-3-4-6-11;1-3-4-5-2/h9,12H,2-8H2,1H3;3-4H2,1-2H3. The fraction of sp³-hybridized carbons (Fsp3) is 0.933. The smallest absolute Gasteiger partial charge is 0.149 e. The summed E-state index contributed by atoms with van der Waals surface area (Å²) in [5, 5.41) is 3.39. The van der Waals surface area contributed by atoms with E-state index < -0.39 is 0 Å². The van der Waals surface area contributed by atoms with E-state index in [1.165, 1.54) is 25.7 Å². The zero-order chi connectivity index (χ0) is 13.4. The van der Waals surface area contributed by atoms with Crippen molar-refractivity contribution in [1.29, 1.82) is 0 Å². The average molecular weight is 255 g/mol. The lowest BCUT2D eigenvalue weighted by atomic mass is 9.83. The molecular weight excluding hydrogens is 226 g/mol. The van der Waals surface area contributed by atoms with E-state index in [9.17, 15) is 4.79 Å². The van der Waals surface area contributed by atoms with Crippen molar-refractivity contribution < 1.29 is 9.53 Å². The van der Waals surface area contributed by atoms with Gasteiger partial charge in [0, 0.05) is 26.7 Å². The summed E-state index contributed by atoms with van der Waals surface area (Å²) in [7, 11) is 1.71. The number of Topliss-reactive ketones (excluding diaryl/α,β-unsaturated/α-hetero) is 1. The highest BCUT2D eigenvalue weighted by atomic mass is 16.5. The first-order chi connectivity index (χ1) is 8.67. The molecule has 1 spiro atoms. The molecule has 3 nitrogen and oxygen atoms in total. The minimum absolute atomic E-state index is 0.183. The molecule has 2 fully saturated rings. The summed E-state index contributed by atoms with van der Waals surface area (Å²) < 4.78 is 4.69. The van der Waals surface area contributed by atoms with E-state index in [2.05, 4.69) is 12.2 Å². The predicted octanol–water partition coefficient (Wildman–Crippen LogP) is 2.93. The number of ketones is 1. The van der Waals surface area contributed by atoms with E-state index in [0.717, 1.165) is 26.0 Å². The number of hydrogen-bond donors (Lipinski definition) is 1. The van der Waals surface area contributed by atoms with Crippen LogP contribution in [0.2, 0.25) is 0 Å². The number of hydrogen-bond acceptors (Lipinski definition) is 3. The highest BCUT2D eigenvalue weighted by molar-refractivity contribution is 5.84. The fourth-order valence-corrected chi connectivity index (χ4v) is 3.10. The quantitative estimate of drug-likeness (QED) is 0.839. The van der Waals surface area contributed by atoms with Gasteiger partial charge < -0.3 is 10.1 Å². The zero-order valence-electron chi connectivity index (χ0n) is 12.3. The number of nitrogens with one attached hydrogen (secondary N) is 1. The van der Waals surface area contributed by atoms with Crippen molar-refractivity contribution in [2.24, 2.45) is 5.41 Å². The van der Waals surface area contributed by atoms with Crippen molar-refractivity contribution in [1.82, 2.24) is 5.32 Å². The third kappa shape index (κ3) is 4.36. The van der Waals surface area contributed by atoms with Gasteiger partial charge in [-0.25, -0.2) is 0 Å². The van der Waals surface area contributed by atoms with Crippen molar-refractivity contribution in [3.05, 3.63) is 0 Å². The van der Waals surface area contributed by atoms with Crippen LogP contribution in [-0.4, -0.2) is 32.1 Å². The topological polar surface area (TPSA) is 38.3 Å². The first-order valence-electron chi connectivity index (χ1n) is 7.42. The molecule has 0 amide bonds. The maximum absolute atomic E-state index is 11.5. The molecule has 2 rings (SSSR count). The Labute approximate surface area is 112 Å². The van der Waals surface area contributed by atoms with Gasteiger partial charge in [-0.3, -0.25) is 4.79 Å². The summed E-state index contributed by atoms with van der Waals surface area (Å²) in [5.74, 6) is 0.406. The Balaban J connectivity index is 0.000000280. The van der Waals surface area contributed by atoms with Crippen molar-refractivity contribution in [3.63, 3.8) is 0 Å². The van der Waals surface area contributed by atoms with Crippen LogP contribution in [0.25, 0.3) is 0 Å². The molecule has 0 radical (unpaired) electrons. The second kappa shape index (κ2) is 7.90. The summed E-state index contributed by atoms with van der Waals surface area (Å²) in [5.41, 5.74) is 0.509. The molecule has 1 aliphatic carbocycles. The molecule has 18 heavy (non-hydrogen) atoms. The molecule has 0 aromatic rings.